The number of carbonyl (C=O) groups is 4. The molecular formula is C30H33N3O5S2. The maximum Gasteiger partial charge on any atom is 0.341 e. The molecule has 3 amide bonds. The van der Waals surface area contributed by atoms with Gasteiger partial charge in [0.05, 0.1) is 24.0 Å². The van der Waals surface area contributed by atoms with Gasteiger partial charge < -0.3 is 20.3 Å². The maximum absolute atomic E-state index is 13.4. The van der Waals surface area contributed by atoms with Gasteiger partial charge >= 0.3 is 5.97 Å². The summed E-state index contributed by atoms with van der Waals surface area (Å²) in [7, 11) is 0. The summed E-state index contributed by atoms with van der Waals surface area (Å²) in [5, 5.41) is 5.92. The molecule has 8 nitrogen and oxygen atoms in total. The first-order valence-electron chi connectivity index (χ1n) is 13.2. The van der Waals surface area contributed by atoms with Crippen LogP contribution in [0.5, 0.6) is 0 Å². The summed E-state index contributed by atoms with van der Waals surface area (Å²) in [5.74, 6) is -0.927. The Hall–Kier alpha value is -3.63. The second-order valence-corrected chi connectivity index (χ2v) is 11.9. The minimum Gasteiger partial charge on any atom is -0.462 e. The SMILES string of the molecule is CCOC(=O)c1c(NC(=O)C(CC)Sc2cccc(NC(=O)c3ccc(C)cc3)c2)sc2c1CCN(C(C)=O)C2. The van der Waals surface area contributed by atoms with Crippen molar-refractivity contribution in [2.75, 3.05) is 23.8 Å². The fraction of sp³-hybridized carbons (Fsp3) is 0.333. The van der Waals surface area contributed by atoms with Gasteiger partial charge in [0, 0.05) is 34.5 Å². The number of nitrogens with one attached hydrogen (secondary N) is 2. The molecule has 1 atom stereocenters. The Kier molecular flexibility index (Phi) is 9.65. The molecule has 0 saturated carbocycles. The molecule has 0 radical (unpaired) electrons. The highest BCUT2D eigenvalue weighted by atomic mass is 32.2. The second kappa shape index (κ2) is 13.1. The van der Waals surface area contributed by atoms with Crippen LogP contribution in [0.4, 0.5) is 10.7 Å². The van der Waals surface area contributed by atoms with Crippen LogP contribution in [-0.4, -0.2) is 47.0 Å². The molecule has 0 aliphatic carbocycles. The lowest BCUT2D eigenvalue weighted by Crippen LogP contribution is -2.34. The monoisotopic (exact) mass is 579 g/mol. The third kappa shape index (κ3) is 6.92. The summed E-state index contributed by atoms with van der Waals surface area (Å²) in [4.78, 5) is 54.3. The normalized spacial score (nSPS) is 13.2. The number of nitrogens with zero attached hydrogens (tertiary/aromatic N) is 1. The smallest absolute Gasteiger partial charge is 0.341 e. The number of thioether (sulfide) groups is 1. The molecule has 1 aliphatic heterocycles. The van der Waals surface area contributed by atoms with Gasteiger partial charge in [0.1, 0.15) is 5.00 Å². The van der Waals surface area contributed by atoms with E-state index in [0.717, 1.165) is 20.9 Å². The van der Waals surface area contributed by atoms with E-state index in [2.05, 4.69) is 10.6 Å². The van der Waals surface area contributed by atoms with Crippen molar-refractivity contribution >= 4 is 57.5 Å². The van der Waals surface area contributed by atoms with Crippen LogP contribution in [-0.2, 0) is 27.3 Å². The number of thiophene rings is 1. The van der Waals surface area contributed by atoms with Crippen molar-refractivity contribution in [3.63, 3.8) is 0 Å². The van der Waals surface area contributed by atoms with Gasteiger partial charge in [-0.05, 0) is 62.6 Å². The molecule has 1 aliphatic rings. The molecule has 2 N–H and O–H groups in total. The molecule has 0 spiro atoms. The fourth-order valence-corrected chi connectivity index (χ4v) is 6.68. The number of hydrogen-bond donors (Lipinski definition) is 2. The number of amides is 3. The van der Waals surface area contributed by atoms with Crippen molar-refractivity contribution in [1.82, 2.24) is 4.90 Å². The predicted octanol–water partition coefficient (Wildman–Crippen LogP) is 5.90. The van der Waals surface area contributed by atoms with E-state index in [1.54, 1.807) is 24.0 Å². The van der Waals surface area contributed by atoms with E-state index in [9.17, 15) is 19.2 Å². The zero-order chi connectivity index (χ0) is 28.8. The second-order valence-electron chi connectivity index (χ2n) is 9.47. The Morgan fingerprint density at radius 3 is 2.50 bits per heavy atom. The minimum absolute atomic E-state index is 0.0259. The van der Waals surface area contributed by atoms with Crippen LogP contribution >= 0.6 is 23.1 Å². The van der Waals surface area contributed by atoms with E-state index in [0.29, 0.717) is 47.7 Å². The largest absolute Gasteiger partial charge is 0.462 e. The predicted molar refractivity (Wildman–Crippen MR) is 159 cm³/mol. The summed E-state index contributed by atoms with van der Waals surface area (Å²) in [6.45, 7) is 8.31. The third-order valence-electron chi connectivity index (χ3n) is 6.57. The lowest BCUT2D eigenvalue weighted by atomic mass is 10.0. The highest BCUT2D eigenvalue weighted by Crippen LogP contribution is 2.38. The summed E-state index contributed by atoms with van der Waals surface area (Å²) in [5.41, 5.74) is 3.51. The number of ether oxygens (including phenoxy) is 1. The molecule has 1 aromatic heterocycles. The van der Waals surface area contributed by atoms with Crippen LogP contribution in [0.3, 0.4) is 0 Å². The molecule has 3 aromatic rings. The van der Waals surface area contributed by atoms with Gasteiger partial charge in [-0.25, -0.2) is 4.79 Å². The molecule has 10 heteroatoms. The number of esters is 1. The van der Waals surface area contributed by atoms with E-state index in [-0.39, 0.29) is 24.3 Å². The Bertz CT molecular complexity index is 1420. The lowest BCUT2D eigenvalue weighted by Gasteiger charge is -2.25. The minimum atomic E-state index is -0.468. The van der Waals surface area contributed by atoms with E-state index < -0.39 is 11.2 Å². The van der Waals surface area contributed by atoms with Gasteiger partial charge in [-0.2, -0.15) is 0 Å². The Balaban J connectivity index is 1.49. The molecular weight excluding hydrogens is 546 g/mol. The molecule has 2 heterocycles. The van der Waals surface area contributed by atoms with E-state index in [1.807, 2.05) is 50.2 Å². The van der Waals surface area contributed by atoms with Crippen molar-refractivity contribution in [2.45, 2.75) is 57.2 Å². The number of benzene rings is 2. The van der Waals surface area contributed by atoms with Crippen LogP contribution in [0.15, 0.2) is 53.4 Å². The van der Waals surface area contributed by atoms with Crippen LogP contribution in [0.25, 0.3) is 0 Å². The first-order valence-corrected chi connectivity index (χ1v) is 14.9. The average molecular weight is 580 g/mol. The molecule has 0 saturated heterocycles. The van der Waals surface area contributed by atoms with Crippen molar-refractivity contribution in [3.05, 3.63) is 75.7 Å². The van der Waals surface area contributed by atoms with Crippen molar-refractivity contribution in [3.8, 4) is 0 Å². The summed E-state index contributed by atoms with van der Waals surface area (Å²) >= 11 is 2.72. The number of hydrogen-bond acceptors (Lipinski definition) is 7. The molecule has 0 fully saturated rings. The number of carbonyl (C=O) groups excluding carboxylic acids is 4. The number of fused-ring (bicyclic) bond motifs is 1. The van der Waals surface area contributed by atoms with Gasteiger partial charge in [-0.15, -0.1) is 23.1 Å². The van der Waals surface area contributed by atoms with Crippen LogP contribution < -0.4 is 10.6 Å². The van der Waals surface area contributed by atoms with Crippen molar-refractivity contribution < 1.29 is 23.9 Å². The highest BCUT2D eigenvalue weighted by molar-refractivity contribution is 8.00. The van der Waals surface area contributed by atoms with Gasteiger partial charge in [0.25, 0.3) is 5.91 Å². The molecule has 4 rings (SSSR count). The highest BCUT2D eigenvalue weighted by Gasteiger charge is 2.31. The van der Waals surface area contributed by atoms with Crippen LogP contribution in [0.2, 0.25) is 0 Å². The topological polar surface area (TPSA) is 105 Å². The van der Waals surface area contributed by atoms with E-state index >= 15 is 0 Å². The first kappa shape index (κ1) is 29.4. The zero-order valence-corrected chi connectivity index (χ0v) is 24.7. The van der Waals surface area contributed by atoms with Crippen LogP contribution in [0, 0.1) is 6.92 Å². The molecule has 40 heavy (non-hydrogen) atoms. The molecule has 210 valence electrons. The average Bonchev–Trinajstić information content (AvgIpc) is 3.29. The Labute approximate surface area is 242 Å². The Morgan fingerprint density at radius 1 is 1.07 bits per heavy atom. The van der Waals surface area contributed by atoms with E-state index in [4.69, 9.17) is 4.74 Å². The van der Waals surface area contributed by atoms with E-state index in [1.165, 1.54) is 30.0 Å². The quantitative estimate of drug-likeness (QED) is 0.242. The fourth-order valence-electron chi connectivity index (χ4n) is 4.41. The number of aryl methyl sites for hydroxylation is 1. The lowest BCUT2D eigenvalue weighted by molar-refractivity contribution is -0.129. The van der Waals surface area contributed by atoms with Crippen molar-refractivity contribution in [1.29, 1.82) is 0 Å². The zero-order valence-electron chi connectivity index (χ0n) is 23.0. The van der Waals surface area contributed by atoms with Crippen molar-refractivity contribution in [2.24, 2.45) is 0 Å². The third-order valence-corrected chi connectivity index (χ3v) is 9.06. The van der Waals surface area contributed by atoms with Crippen LogP contribution in [0.1, 0.15) is 63.9 Å². The van der Waals surface area contributed by atoms with Gasteiger partial charge in [0.15, 0.2) is 0 Å². The number of rotatable bonds is 9. The maximum atomic E-state index is 13.4. The molecule has 0 bridgehead atoms. The van der Waals surface area contributed by atoms with Gasteiger partial charge in [0.2, 0.25) is 11.8 Å². The van der Waals surface area contributed by atoms with Gasteiger partial charge in [-0.1, -0.05) is 30.7 Å². The Morgan fingerprint density at radius 2 is 1.82 bits per heavy atom. The standard InChI is InChI=1S/C30H33N3O5S2/c1-5-24(39-22-9-7-8-21(16-22)31-27(35)20-12-10-18(3)11-13-20)28(36)32-29-26(30(37)38-6-2)23-14-15-33(19(4)34)17-25(23)40-29/h7-13,16,24H,5-6,14-15,17H2,1-4H3,(H,31,35)(H,32,36). The summed E-state index contributed by atoms with van der Waals surface area (Å²) < 4.78 is 5.31. The summed E-state index contributed by atoms with van der Waals surface area (Å²) in [6, 6.07) is 14.7. The summed E-state index contributed by atoms with van der Waals surface area (Å²) in [6.07, 6.45) is 1.08. The molecule has 2 aromatic carbocycles. The molecule has 1 unspecified atom stereocenters. The number of anilines is 2. The first-order chi connectivity index (χ1) is 19.2. The van der Waals surface area contributed by atoms with Gasteiger partial charge in [-0.3, -0.25) is 14.4 Å².